The van der Waals surface area contributed by atoms with Crippen molar-refractivity contribution in [3.05, 3.63) is 144 Å². The van der Waals surface area contributed by atoms with E-state index in [4.69, 9.17) is 0 Å². The lowest BCUT2D eigenvalue weighted by molar-refractivity contribution is -0.130. The van der Waals surface area contributed by atoms with Gasteiger partial charge in [0.15, 0.2) is 0 Å². The third-order valence-corrected chi connectivity index (χ3v) is 8.79. The number of aliphatic hydroxyl groups is 1. The Balaban J connectivity index is 1.58. The number of aromatic nitrogens is 2. The molecule has 0 bridgehead atoms. The molecule has 4 rings (SSSR count). The van der Waals surface area contributed by atoms with Crippen molar-refractivity contribution in [3.63, 3.8) is 0 Å². The second-order valence-electron chi connectivity index (χ2n) is 13.8. The number of amides is 4. The van der Waals surface area contributed by atoms with Gasteiger partial charge in [-0.2, -0.15) is 0 Å². The van der Waals surface area contributed by atoms with E-state index in [2.05, 4.69) is 31.2 Å². The first-order chi connectivity index (χ1) is 26.0. The fraction of sp³-hybridized carbons (Fsp3) is 0.302. The van der Waals surface area contributed by atoms with Crippen LogP contribution >= 0.6 is 0 Å². The Morgan fingerprint density at radius 2 is 0.963 bits per heavy atom. The Bertz CT molecular complexity index is 1700. The summed E-state index contributed by atoms with van der Waals surface area (Å²) in [6, 6.07) is 22.3. The molecule has 5 N–H and O–H groups in total. The Morgan fingerprint density at radius 3 is 1.30 bits per heavy atom. The van der Waals surface area contributed by atoms with Gasteiger partial charge in [0.2, 0.25) is 23.6 Å². The molecule has 4 atom stereocenters. The van der Waals surface area contributed by atoms with E-state index in [1.807, 2.05) is 100 Å². The van der Waals surface area contributed by atoms with Crippen LogP contribution in [0.1, 0.15) is 49.9 Å². The second-order valence-corrected chi connectivity index (χ2v) is 13.8. The zero-order chi connectivity index (χ0) is 38.9. The minimum absolute atomic E-state index is 0.234. The molecule has 2 aromatic heterocycles. The normalized spacial score (nSPS) is 14.3. The number of carbonyl (C=O) groups excluding carboxylic acids is 4. The van der Waals surface area contributed by atoms with E-state index in [9.17, 15) is 24.3 Å². The van der Waals surface area contributed by atoms with Crippen LogP contribution in [0.15, 0.2) is 122 Å². The summed E-state index contributed by atoms with van der Waals surface area (Å²) in [6.07, 6.45) is 11.6. The molecule has 11 heteroatoms. The van der Waals surface area contributed by atoms with E-state index in [0.717, 1.165) is 22.3 Å². The summed E-state index contributed by atoms with van der Waals surface area (Å²) in [5, 5.41) is 23.8. The van der Waals surface area contributed by atoms with Crippen LogP contribution in [0.3, 0.4) is 0 Å². The maximum Gasteiger partial charge on any atom is 0.244 e. The van der Waals surface area contributed by atoms with Crippen LogP contribution in [-0.4, -0.2) is 69.0 Å². The van der Waals surface area contributed by atoms with Crippen molar-refractivity contribution in [3.8, 4) is 0 Å². The van der Waals surface area contributed by atoms with Gasteiger partial charge >= 0.3 is 0 Å². The molecule has 0 saturated carbocycles. The van der Waals surface area contributed by atoms with E-state index in [0.29, 0.717) is 0 Å². The molecule has 0 fully saturated rings. The van der Waals surface area contributed by atoms with Crippen molar-refractivity contribution >= 4 is 35.8 Å². The number of hydrogen-bond donors (Lipinski definition) is 5. The molecule has 2 aromatic carbocycles. The molecule has 0 aliphatic heterocycles. The van der Waals surface area contributed by atoms with Crippen LogP contribution in [-0.2, 0) is 32.0 Å². The average molecular weight is 731 g/mol. The van der Waals surface area contributed by atoms with Gasteiger partial charge in [0, 0.05) is 36.9 Å². The third kappa shape index (κ3) is 13.2. The van der Waals surface area contributed by atoms with Crippen LogP contribution in [0.4, 0.5) is 0 Å². The molecule has 0 spiro atoms. The third-order valence-electron chi connectivity index (χ3n) is 8.79. The molecule has 282 valence electrons. The summed E-state index contributed by atoms with van der Waals surface area (Å²) in [7, 11) is 0. The molecule has 4 aromatic rings. The molecule has 0 aliphatic rings. The molecule has 2 heterocycles. The number of nitrogens with zero attached hydrogens (tertiary/aromatic N) is 2. The van der Waals surface area contributed by atoms with Gasteiger partial charge in [-0.05, 0) is 71.2 Å². The van der Waals surface area contributed by atoms with Crippen LogP contribution in [0.2, 0.25) is 0 Å². The summed E-state index contributed by atoms with van der Waals surface area (Å²) in [5.41, 5.74) is 3.17. The topological polar surface area (TPSA) is 162 Å². The highest BCUT2D eigenvalue weighted by molar-refractivity contribution is 5.96. The fourth-order valence-electron chi connectivity index (χ4n) is 5.84. The highest BCUT2D eigenvalue weighted by atomic mass is 16.3. The van der Waals surface area contributed by atoms with Gasteiger partial charge in [0.1, 0.15) is 12.1 Å². The molecule has 11 nitrogen and oxygen atoms in total. The predicted molar refractivity (Wildman–Crippen MR) is 210 cm³/mol. The average Bonchev–Trinajstić information content (AvgIpc) is 3.17. The largest absolute Gasteiger partial charge is 0.389 e. The SMILES string of the molecule is CC(C)[C@H](NC(=O)C=Cc1cccnc1)C(=O)N[C@@H](Cc1ccccc1)C(O)[C@H](Cc1ccccc1)NC(=O)[C@@H](NC(=O)C=Cc1cccnc1)C(C)C. The Morgan fingerprint density at radius 1 is 0.574 bits per heavy atom. The van der Waals surface area contributed by atoms with Crippen molar-refractivity contribution in [2.45, 2.75) is 70.8 Å². The molecular formula is C43H50N6O5. The number of rotatable bonds is 18. The molecule has 0 saturated heterocycles. The van der Waals surface area contributed by atoms with Crippen molar-refractivity contribution in [2.75, 3.05) is 0 Å². The number of benzene rings is 2. The first-order valence-electron chi connectivity index (χ1n) is 18.1. The molecule has 0 unspecified atom stereocenters. The van der Waals surface area contributed by atoms with Crippen LogP contribution < -0.4 is 21.3 Å². The molecule has 54 heavy (non-hydrogen) atoms. The van der Waals surface area contributed by atoms with E-state index >= 15 is 0 Å². The minimum atomic E-state index is -1.29. The van der Waals surface area contributed by atoms with E-state index < -0.39 is 53.9 Å². The van der Waals surface area contributed by atoms with Gasteiger partial charge in [0.05, 0.1) is 18.2 Å². The number of nitrogens with one attached hydrogen (secondary N) is 4. The highest BCUT2D eigenvalue weighted by Crippen LogP contribution is 2.16. The Hall–Kier alpha value is -5.94. The summed E-state index contributed by atoms with van der Waals surface area (Å²) in [6.45, 7) is 7.29. The minimum Gasteiger partial charge on any atom is -0.389 e. The number of aliphatic hydroxyl groups excluding tert-OH is 1. The first-order valence-corrected chi connectivity index (χ1v) is 18.1. The van der Waals surface area contributed by atoms with E-state index in [1.165, 1.54) is 12.2 Å². The van der Waals surface area contributed by atoms with Crippen LogP contribution in [0, 0.1) is 11.8 Å². The van der Waals surface area contributed by atoms with E-state index in [-0.39, 0.29) is 24.7 Å². The second kappa shape index (κ2) is 20.9. The number of hydrogen-bond acceptors (Lipinski definition) is 7. The number of pyridine rings is 2. The highest BCUT2D eigenvalue weighted by Gasteiger charge is 2.35. The molecular weight excluding hydrogens is 681 g/mol. The number of carbonyl (C=O) groups is 4. The maximum absolute atomic E-state index is 14.0. The van der Waals surface area contributed by atoms with Gasteiger partial charge in [-0.15, -0.1) is 0 Å². The van der Waals surface area contributed by atoms with Crippen molar-refractivity contribution in [1.82, 2.24) is 31.2 Å². The molecule has 4 amide bonds. The smallest absolute Gasteiger partial charge is 0.244 e. The first kappa shape index (κ1) is 40.8. The zero-order valence-corrected chi connectivity index (χ0v) is 31.1. The van der Waals surface area contributed by atoms with Gasteiger partial charge < -0.3 is 26.4 Å². The maximum atomic E-state index is 14.0. The lowest BCUT2D eigenvalue weighted by Gasteiger charge is -2.34. The predicted octanol–water partition coefficient (Wildman–Crippen LogP) is 4.30. The van der Waals surface area contributed by atoms with Gasteiger partial charge in [-0.1, -0.05) is 100 Å². The van der Waals surface area contributed by atoms with E-state index in [1.54, 1.807) is 49.1 Å². The Labute approximate surface area is 317 Å². The van der Waals surface area contributed by atoms with Gasteiger partial charge in [0.25, 0.3) is 0 Å². The Kier molecular flexibility index (Phi) is 15.8. The summed E-state index contributed by atoms with van der Waals surface area (Å²) < 4.78 is 0. The molecule has 0 aliphatic carbocycles. The van der Waals surface area contributed by atoms with Crippen LogP contribution in [0.25, 0.3) is 12.2 Å². The molecule has 0 radical (unpaired) electrons. The summed E-state index contributed by atoms with van der Waals surface area (Å²) in [4.78, 5) is 61.9. The van der Waals surface area contributed by atoms with Crippen LogP contribution in [0.5, 0.6) is 0 Å². The summed E-state index contributed by atoms with van der Waals surface area (Å²) in [5.74, 6) is -2.47. The monoisotopic (exact) mass is 730 g/mol. The van der Waals surface area contributed by atoms with Gasteiger partial charge in [-0.25, -0.2) is 0 Å². The van der Waals surface area contributed by atoms with Crippen molar-refractivity contribution in [1.29, 1.82) is 0 Å². The summed E-state index contributed by atoms with van der Waals surface area (Å²) >= 11 is 0. The quantitative estimate of drug-likeness (QED) is 0.0954. The van der Waals surface area contributed by atoms with Gasteiger partial charge in [-0.3, -0.25) is 29.1 Å². The fourth-order valence-corrected chi connectivity index (χ4v) is 5.84. The lowest BCUT2D eigenvalue weighted by atomic mass is 9.91. The van der Waals surface area contributed by atoms with Crippen molar-refractivity contribution < 1.29 is 24.3 Å². The standard InChI is InChI=1S/C43H50N6O5/c1-29(2)39(48-37(50)21-19-33-17-11-23-44-27-33)42(53)46-35(25-31-13-7-5-8-14-31)41(52)36(26-32-15-9-6-10-16-32)47-43(54)40(30(3)4)49-38(51)22-20-34-18-12-24-45-28-34/h5-24,27-30,35-36,39-41,52H,25-26H2,1-4H3,(H,46,53)(H,47,54)(H,48,50)(H,49,51)/t35-,36-,39-,40-,41?/m0/s1. The zero-order valence-electron chi connectivity index (χ0n) is 31.1. The lowest BCUT2D eigenvalue weighted by Crippen LogP contribution is -2.61. The van der Waals surface area contributed by atoms with Crippen molar-refractivity contribution in [2.24, 2.45) is 11.8 Å².